The van der Waals surface area contributed by atoms with Crippen molar-refractivity contribution in [2.75, 3.05) is 17.7 Å². The van der Waals surface area contributed by atoms with Gasteiger partial charge in [-0.1, -0.05) is 12.1 Å². The molecule has 0 radical (unpaired) electrons. The smallest absolute Gasteiger partial charge is 0.262 e. The van der Waals surface area contributed by atoms with Crippen LogP contribution >= 0.6 is 15.9 Å². The van der Waals surface area contributed by atoms with Crippen LogP contribution in [0.15, 0.2) is 47.2 Å². The zero-order valence-electron chi connectivity index (χ0n) is 9.97. The zero-order chi connectivity index (χ0) is 13.7. The van der Waals surface area contributed by atoms with Crippen LogP contribution in [0.1, 0.15) is 0 Å². The van der Waals surface area contributed by atoms with Gasteiger partial charge in [-0.25, -0.2) is 0 Å². The third-order valence-electron chi connectivity index (χ3n) is 2.32. The lowest BCUT2D eigenvalue weighted by molar-refractivity contribution is -0.118. The molecule has 1 aromatic carbocycles. The molecule has 0 unspecified atom stereocenters. The predicted molar refractivity (Wildman–Crippen MR) is 76.9 cm³/mol. The Morgan fingerprint density at radius 1 is 1.37 bits per heavy atom. The number of nitrogens with two attached hydrogens (primary N) is 1. The number of hydrogen-bond acceptors (Lipinski definition) is 4. The number of halogens is 1. The van der Waals surface area contributed by atoms with E-state index in [1.807, 2.05) is 0 Å². The first-order valence-electron chi connectivity index (χ1n) is 5.53. The minimum absolute atomic E-state index is 0.108. The van der Waals surface area contributed by atoms with Gasteiger partial charge in [-0.2, -0.15) is 0 Å². The summed E-state index contributed by atoms with van der Waals surface area (Å²) in [5.74, 6) is 0.224. The van der Waals surface area contributed by atoms with Gasteiger partial charge in [0, 0.05) is 12.4 Å². The van der Waals surface area contributed by atoms with Crippen LogP contribution in [0.25, 0.3) is 0 Å². The Balaban J connectivity index is 1.92. The van der Waals surface area contributed by atoms with E-state index < -0.39 is 0 Å². The van der Waals surface area contributed by atoms with E-state index in [0.29, 0.717) is 21.6 Å². The van der Waals surface area contributed by atoms with Crippen molar-refractivity contribution in [3.8, 4) is 5.75 Å². The number of anilines is 2. The van der Waals surface area contributed by atoms with Crippen molar-refractivity contribution >= 4 is 33.2 Å². The quantitative estimate of drug-likeness (QED) is 0.848. The van der Waals surface area contributed by atoms with E-state index in [1.165, 1.54) is 0 Å². The lowest BCUT2D eigenvalue weighted by Crippen LogP contribution is -2.20. The number of carbonyl (C=O) groups excluding carboxylic acids is 1. The fourth-order valence-corrected chi connectivity index (χ4v) is 1.77. The van der Waals surface area contributed by atoms with E-state index >= 15 is 0 Å². The molecule has 0 fully saturated rings. The lowest BCUT2D eigenvalue weighted by Gasteiger charge is -2.09. The number of carbonyl (C=O) groups is 1. The van der Waals surface area contributed by atoms with Gasteiger partial charge < -0.3 is 15.8 Å². The van der Waals surface area contributed by atoms with Crippen LogP contribution in [0.2, 0.25) is 0 Å². The summed E-state index contributed by atoms with van der Waals surface area (Å²) in [6.07, 6.45) is 3.20. The van der Waals surface area contributed by atoms with Gasteiger partial charge in [0.2, 0.25) is 0 Å². The average Bonchev–Trinajstić information content (AvgIpc) is 2.40. The second kappa shape index (κ2) is 6.19. The SMILES string of the molecule is Nc1ccccc1OCC(=O)Nc1ccncc1Br. The Hall–Kier alpha value is -2.08. The van der Waals surface area contributed by atoms with E-state index in [9.17, 15) is 4.79 Å². The van der Waals surface area contributed by atoms with Gasteiger partial charge in [0.15, 0.2) is 6.61 Å². The van der Waals surface area contributed by atoms with Crippen LogP contribution in [0.4, 0.5) is 11.4 Å². The van der Waals surface area contributed by atoms with Crippen molar-refractivity contribution in [2.45, 2.75) is 0 Å². The second-order valence-corrected chi connectivity index (χ2v) is 4.58. The number of rotatable bonds is 4. The zero-order valence-corrected chi connectivity index (χ0v) is 11.6. The van der Waals surface area contributed by atoms with Crippen molar-refractivity contribution in [2.24, 2.45) is 0 Å². The summed E-state index contributed by atoms with van der Waals surface area (Å²) in [5.41, 5.74) is 6.85. The summed E-state index contributed by atoms with van der Waals surface area (Å²) in [6.45, 7) is -0.108. The van der Waals surface area contributed by atoms with Gasteiger partial charge >= 0.3 is 0 Å². The molecule has 0 aliphatic carbocycles. The van der Waals surface area contributed by atoms with Crippen molar-refractivity contribution < 1.29 is 9.53 Å². The van der Waals surface area contributed by atoms with Crippen LogP contribution in [0.5, 0.6) is 5.75 Å². The number of para-hydroxylation sites is 2. The highest BCUT2D eigenvalue weighted by atomic mass is 79.9. The van der Waals surface area contributed by atoms with Gasteiger partial charge in [-0.3, -0.25) is 9.78 Å². The van der Waals surface area contributed by atoms with Crippen LogP contribution < -0.4 is 15.8 Å². The molecule has 5 nitrogen and oxygen atoms in total. The number of nitrogens with zero attached hydrogens (tertiary/aromatic N) is 1. The molecule has 0 aliphatic rings. The first kappa shape index (κ1) is 13.4. The molecule has 0 saturated heterocycles. The molecule has 1 heterocycles. The third-order valence-corrected chi connectivity index (χ3v) is 2.96. The number of benzene rings is 1. The standard InChI is InChI=1S/C13H12BrN3O2/c14-9-7-16-6-5-11(9)17-13(18)8-19-12-4-2-1-3-10(12)15/h1-7H,8,15H2,(H,16,17,18). The third kappa shape index (κ3) is 3.69. The monoisotopic (exact) mass is 321 g/mol. The van der Waals surface area contributed by atoms with Crippen LogP contribution in [-0.4, -0.2) is 17.5 Å². The Bertz CT molecular complexity index is 590. The van der Waals surface area contributed by atoms with Crippen LogP contribution in [-0.2, 0) is 4.79 Å². The molecule has 0 bridgehead atoms. The minimum Gasteiger partial charge on any atom is -0.482 e. The molecule has 0 saturated carbocycles. The fraction of sp³-hybridized carbons (Fsp3) is 0.0769. The maximum absolute atomic E-state index is 11.7. The second-order valence-electron chi connectivity index (χ2n) is 3.73. The summed E-state index contributed by atoms with van der Waals surface area (Å²) in [7, 11) is 0. The Morgan fingerprint density at radius 3 is 2.89 bits per heavy atom. The number of nitrogens with one attached hydrogen (secondary N) is 1. The van der Waals surface area contributed by atoms with Crippen LogP contribution in [0, 0.1) is 0 Å². The molecule has 6 heteroatoms. The number of nitrogen functional groups attached to an aromatic ring is 1. The molecule has 0 spiro atoms. The topological polar surface area (TPSA) is 77.2 Å². The lowest BCUT2D eigenvalue weighted by atomic mass is 10.3. The van der Waals surface area contributed by atoms with E-state index in [4.69, 9.17) is 10.5 Å². The van der Waals surface area contributed by atoms with E-state index in [1.54, 1.807) is 42.7 Å². The first-order chi connectivity index (χ1) is 9.16. The van der Waals surface area contributed by atoms with Crippen molar-refractivity contribution in [1.29, 1.82) is 0 Å². The maximum atomic E-state index is 11.7. The summed E-state index contributed by atoms with van der Waals surface area (Å²) >= 11 is 3.29. The van der Waals surface area contributed by atoms with E-state index in [2.05, 4.69) is 26.2 Å². The average molecular weight is 322 g/mol. The Labute approximate surface area is 118 Å². The molecule has 3 N–H and O–H groups in total. The minimum atomic E-state index is -0.268. The van der Waals surface area contributed by atoms with Gasteiger partial charge in [0.1, 0.15) is 5.75 Å². The number of hydrogen-bond donors (Lipinski definition) is 2. The van der Waals surface area contributed by atoms with Gasteiger partial charge in [-0.05, 0) is 34.1 Å². The summed E-state index contributed by atoms with van der Waals surface area (Å²) < 4.78 is 6.05. The molecule has 0 atom stereocenters. The van der Waals surface area contributed by atoms with E-state index in [0.717, 1.165) is 0 Å². The van der Waals surface area contributed by atoms with Crippen LogP contribution in [0.3, 0.4) is 0 Å². The molecule has 2 rings (SSSR count). The fourth-order valence-electron chi connectivity index (χ4n) is 1.42. The molecule has 2 aromatic rings. The van der Waals surface area contributed by atoms with Crippen molar-refractivity contribution in [1.82, 2.24) is 4.98 Å². The summed E-state index contributed by atoms with van der Waals surface area (Å²) in [4.78, 5) is 15.6. The maximum Gasteiger partial charge on any atom is 0.262 e. The number of ether oxygens (including phenoxy) is 1. The van der Waals surface area contributed by atoms with E-state index in [-0.39, 0.29) is 12.5 Å². The molecular formula is C13H12BrN3O2. The molecule has 1 aromatic heterocycles. The molecule has 0 aliphatic heterocycles. The summed E-state index contributed by atoms with van der Waals surface area (Å²) in [6, 6.07) is 8.72. The largest absolute Gasteiger partial charge is 0.482 e. The van der Waals surface area contributed by atoms with Gasteiger partial charge in [0.25, 0.3) is 5.91 Å². The molecular weight excluding hydrogens is 310 g/mol. The number of amides is 1. The first-order valence-corrected chi connectivity index (χ1v) is 6.33. The highest BCUT2D eigenvalue weighted by Gasteiger charge is 2.07. The molecule has 1 amide bonds. The normalized spacial score (nSPS) is 9.95. The van der Waals surface area contributed by atoms with Gasteiger partial charge in [0.05, 0.1) is 15.8 Å². The summed E-state index contributed by atoms with van der Waals surface area (Å²) in [5, 5.41) is 2.71. The molecule has 98 valence electrons. The predicted octanol–water partition coefficient (Wildman–Crippen LogP) is 2.44. The Morgan fingerprint density at radius 2 is 2.16 bits per heavy atom. The highest BCUT2D eigenvalue weighted by molar-refractivity contribution is 9.10. The number of pyridine rings is 1. The van der Waals surface area contributed by atoms with Crippen molar-refractivity contribution in [3.63, 3.8) is 0 Å². The molecule has 19 heavy (non-hydrogen) atoms. The highest BCUT2D eigenvalue weighted by Crippen LogP contribution is 2.21. The Kier molecular flexibility index (Phi) is 4.35. The van der Waals surface area contributed by atoms with Crippen molar-refractivity contribution in [3.05, 3.63) is 47.2 Å². The van der Waals surface area contributed by atoms with Gasteiger partial charge in [-0.15, -0.1) is 0 Å². The number of aromatic nitrogens is 1.